The molecule has 3 nitrogen and oxygen atoms in total. The maximum atomic E-state index is 12.9. The van der Waals surface area contributed by atoms with E-state index in [0.29, 0.717) is 11.3 Å². The lowest BCUT2D eigenvalue weighted by Gasteiger charge is -2.00. The second-order valence-corrected chi connectivity index (χ2v) is 4.58. The molecule has 14 heavy (non-hydrogen) atoms. The second kappa shape index (κ2) is 5.03. The summed E-state index contributed by atoms with van der Waals surface area (Å²) >= 11 is 5.42. The van der Waals surface area contributed by atoms with Crippen LogP contribution in [-0.2, 0) is 16.4 Å². The van der Waals surface area contributed by atoms with E-state index in [1.807, 2.05) is 0 Å². The van der Waals surface area contributed by atoms with E-state index in [1.165, 1.54) is 12.3 Å². The van der Waals surface area contributed by atoms with Crippen molar-refractivity contribution in [2.75, 3.05) is 6.26 Å². The maximum absolute atomic E-state index is 12.9. The van der Waals surface area contributed by atoms with Crippen LogP contribution < -0.4 is 0 Å². The Morgan fingerprint density at radius 3 is 3.07 bits per heavy atom. The highest BCUT2D eigenvalue weighted by atomic mass is 35.5. The third kappa shape index (κ3) is 3.05. The van der Waals surface area contributed by atoms with E-state index in [-0.39, 0.29) is 5.15 Å². The molecule has 1 aromatic rings. The molecule has 0 radical (unpaired) electrons. The fourth-order valence-electron chi connectivity index (χ4n) is 0.883. The molecule has 0 fully saturated rings. The lowest BCUT2D eigenvalue weighted by Crippen LogP contribution is -1.94. The van der Waals surface area contributed by atoms with Gasteiger partial charge < -0.3 is 0 Å². The zero-order chi connectivity index (χ0) is 10.6. The van der Waals surface area contributed by atoms with Gasteiger partial charge in [0.05, 0.1) is 0 Å². The highest BCUT2D eigenvalue weighted by Gasteiger charge is 2.02. The van der Waals surface area contributed by atoms with Gasteiger partial charge in [0, 0.05) is 11.9 Å². The third-order valence-corrected chi connectivity index (χ3v) is 2.85. The van der Waals surface area contributed by atoms with Crippen LogP contribution in [0.2, 0.25) is 5.15 Å². The molecule has 0 aromatic carbocycles. The first-order valence-electron chi connectivity index (χ1n) is 3.66. The molecule has 1 aromatic heterocycles. The molecule has 0 aliphatic carbocycles. The minimum absolute atomic E-state index is 0.137. The van der Waals surface area contributed by atoms with Crippen molar-refractivity contribution in [1.29, 1.82) is 5.26 Å². The molecule has 0 bridgehead atoms. The number of rotatable bonds is 2. The Balaban J connectivity index is 2.84. The van der Waals surface area contributed by atoms with Gasteiger partial charge in [-0.05, 0) is 17.9 Å². The topological polar surface area (TPSA) is 49.0 Å². The van der Waals surface area contributed by atoms with Crippen molar-refractivity contribution in [3.05, 3.63) is 28.8 Å². The van der Waals surface area contributed by atoms with Crippen LogP contribution in [0.4, 0.5) is 4.39 Å². The number of aromatic nitrogens is 1. The minimum Gasteiger partial charge on any atom is -0.241 e. The van der Waals surface area contributed by atoms with Gasteiger partial charge in [-0.15, -0.1) is 0 Å². The molecular formula is C8H7ClFN3S. The molecule has 74 valence electrons. The third-order valence-electron chi connectivity index (χ3n) is 1.43. The minimum atomic E-state index is -0.543. The van der Waals surface area contributed by atoms with Crippen LogP contribution in [0.3, 0.4) is 0 Å². The standard InChI is InChI=1S/C8H7ClFN3S/c1-14(13-5-11)4-6-2-7(10)8(9)12-3-6/h2-3H,4H2,1H3. The normalized spacial score (nSPS) is 12.4. The number of hydrogen-bond donors (Lipinski definition) is 0. The molecule has 1 atom stereocenters. The van der Waals surface area contributed by atoms with Crippen LogP contribution in [0.1, 0.15) is 5.56 Å². The van der Waals surface area contributed by atoms with Gasteiger partial charge in [0.2, 0.25) is 6.19 Å². The smallest absolute Gasteiger partial charge is 0.212 e. The molecule has 1 rings (SSSR count). The van der Waals surface area contributed by atoms with Gasteiger partial charge in [0.15, 0.2) is 11.0 Å². The lowest BCUT2D eigenvalue weighted by atomic mass is 10.3. The molecule has 0 N–H and O–H groups in total. The number of pyridine rings is 1. The van der Waals surface area contributed by atoms with E-state index in [2.05, 4.69) is 9.35 Å². The average molecular weight is 232 g/mol. The monoisotopic (exact) mass is 231 g/mol. The van der Waals surface area contributed by atoms with Crippen LogP contribution in [-0.4, -0.2) is 11.2 Å². The van der Waals surface area contributed by atoms with Crippen molar-refractivity contribution >= 4 is 22.3 Å². The zero-order valence-electron chi connectivity index (χ0n) is 7.37. The summed E-state index contributed by atoms with van der Waals surface area (Å²) in [6.07, 6.45) is 5.00. The molecule has 1 unspecified atom stereocenters. The summed E-state index contributed by atoms with van der Waals surface area (Å²) in [5.41, 5.74) is 0.691. The molecule has 0 aliphatic heterocycles. The first-order chi connectivity index (χ1) is 6.63. The van der Waals surface area contributed by atoms with Crippen LogP contribution in [0.25, 0.3) is 0 Å². The van der Waals surface area contributed by atoms with Crippen LogP contribution in [0.5, 0.6) is 0 Å². The Morgan fingerprint density at radius 1 is 1.79 bits per heavy atom. The van der Waals surface area contributed by atoms with E-state index < -0.39 is 16.5 Å². The Bertz CT molecular complexity index is 414. The second-order valence-electron chi connectivity index (χ2n) is 2.55. The van der Waals surface area contributed by atoms with Gasteiger partial charge in [-0.25, -0.2) is 9.37 Å². The average Bonchev–Trinajstić information content (AvgIpc) is 2.12. The van der Waals surface area contributed by atoms with Gasteiger partial charge >= 0.3 is 0 Å². The van der Waals surface area contributed by atoms with Gasteiger partial charge in [-0.1, -0.05) is 22.3 Å². The summed E-state index contributed by atoms with van der Waals surface area (Å²) in [7, 11) is -0.422. The quantitative estimate of drug-likeness (QED) is 0.579. The number of nitriles is 1. The Kier molecular flexibility index (Phi) is 3.98. The SMILES string of the molecule is CS(Cc1cnc(Cl)c(F)c1)=NC#N. The van der Waals surface area contributed by atoms with E-state index >= 15 is 0 Å². The number of hydrogen-bond acceptors (Lipinski definition) is 3. The first-order valence-corrected chi connectivity index (χ1v) is 5.79. The lowest BCUT2D eigenvalue weighted by molar-refractivity contribution is 0.620. The van der Waals surface area contributed by atoms with Crippen molar-refractivity contribution in [1.82, 2.24) is 4.98 Å². The summed E-state index contributed by atoms with van der Waals surface area (Å²) in [6.45, 7) is 0. The Hall–Kier alpha value is -0.990. The molecular weight excluding hydrogens is 225 g/mol. The molecule has 0 saturated carbocycles. The summed E-state index contributed by atoms with van der Waals surface area (Å²) in [5, 5.41) is 8.16. The Labute approximate surface area is 88.6 Å². The van der Waals surface area contributed by atoms with Gasteiger partial charge in [0.25, 0.3) is 0 Å². The fourth-order valence-corrected chi connectivity index (χ4v) is 1.83. The largest absolute Gasteiger partial charge is 0.241 e. The van der Waals surface area contributed by atoms with E-state index in [4.69, 9.17) is 16.9 Å². The highest BCUT2D eigenvalue weighted by molar-refractivity contribution is 7.85. The fraction of sp³-hybridized carbons (Fsp3) is 0.250. The van der Waals surface area contributed by atoms with Crippen LogP contribution in [0.15, 0.2) is 16.6 Å². The number of halogens is 2. The number of nitrogens with zero attached hydrogens (tertiary/aromatic N) is 3. The van der Waals surface area contributed by atoms with Gasteiger partial charge in [0.1, 0.15) is 0 Å². The molecule has 0 saturated heterocycles. The van der Waals surface area contributed by atoms with Crippen LogP contribution in [0, 0.1) is 17.3 Å². The predicted octanol–water partition coefficient (Wildman–Crippen LogP) is 2.29. The first kappa shape index (κ1) is 11.1. The van der Waals surface area contributed by atoms with Crippen molar-refractivity contribution < 1.29 is 4.39 Å². The summed E-state index contributed by atoms with van der Waals surface area (Å²) < 4.78 is 16.6. The summed E-state index contributed by atoms with van der Waals surface area (Å²) in [4.78, 5) is 3.66. The van der Waals surface area contributed by atoms with Gasteiger partial charge in [-0.3, -0.25) is 0 Å². The van der Waals surface area contributed by atoms with E-state index in [1.54, 1.807) is 12.4 Å². The van der Waals surface area contributed by atoms with Crippen molar-refractivity contribution in [3.63, 3.8) is 0 Å². The van der Waals surface area contributed by atoms with Crippen molar-refractivity contribution in [2.45, 2.75) is 5.75 Å². The van der Waals surface area contributed by atoms with Crippen molar-refractivity contribution in [2.24, 2.45) is 4.36 Å². The zero-order valence-corrected chi connectivity index (χ0v) is 8.94. The Morgan fingerprint density at radius 2 is 2.50 bits per heavy atom. The summed E-state index contributed by atoms with van der Waals surface area (Å²) in [5.74, 6) is -0.0348. The van der Waals surface area contributed by atoms with Crippen LogP contribution >= 0.6 is 11.6 Å². The van der Waals surface area contributed by atoms with Gasteiger partial charge in [-0.2, -0.15) is 9.62 Å². The van der Waals surface area contributed by atoms with Crippen molar-refractivity contribution in [3.8, 4) is 6.19 Å². The summed E-state index contributed by atoms with van der Waals surface area (Å²) in [6, 6.07) is 1.31. The molecule has 0 amide bonds. The van der Waals surface area contributed by atoms with E-state index in [9.17, 15) is 4.39 Å². The maximum Gasteiger partial charge on any atom is 0.212 e. The molecule has 0 aliphatic rings. The molecule has 6 heteroatoms. The van der Waals surface area contributed by atoms with E-state index in [0.717, 1.165) is 0 Å². The predicted molar refractivity (Wildman–Crippen MR) is 54.2 cm³/mol. The molecule has 0 spiro atoms. The highest BCUT2D eigenvalue weighted by Crippen LogP contribution is 2.13. The molecule has 1 heterocycles.